The van der Waals surface area contributed by atoms with Crippen LogP contribution in [0.15, 0.2) is 30.3 Å². The third kappa shape index (κ3) is 10.3. The molecule has 0 aromatic heterocycles. The Morgan fingerprint density at radius 3 is 2.19 bits per heavy atom. The summed E-state index contributed by atoms with van der Waals surface area (Å²) in [5, 5.41) is 3.02. The smallest absolute Gasteiger partial charge is 0.222 e. The molecule has 1 aliphatic rings. The highest BCUT2D eigenvalue weighted by atomic mass is 16.2. The van der Waals surface area contributed by atoms with Gasteiger partial charge in [-0.25, -0.2) is 0 Å². The molecule has 0 spiro atoms. The van der Waals surface area contributed by atoms with E-state index in [0.717, 1.165) is 78.2 Å². The predicted octanol–water partition coefficient (Wildman–Crippen LogP) is 3.13. The molecule has 1 N–H and O–H groups in total. The Morgan fingerprint density at radius 2 is 1.55 bits per heavy atom. The van der Waals surface area contributed by atoms with Crippen molar-refractivity contribution in [2.45, 2.75) is 58.9 Å². The predicted molar refractivity (Wildman–Crippen MR) is 127 cm³/mol. The highest BCUT2D eigenvalue weighted by molar-refractivity contribution is 5.78. The Hall–Kier alpha value is -1.92. The van der Waals surface area contributed by atoms with Crippen molar-refractivity contribution in [3.05, 3.63) is 35.9 Å². The molecule has 174 valence electrons. The monoisotopic (exact) mass is 430 g/mol. The molecule has 0 radical (unpaired) electrons. The second kappa shape index (κ2) is 15.0. The minimum absolute atomic E-state index is 0.0676. The van der Waals surface area contributed by atoms with Crippen molar-refractivity contribution < 1.29 is 9.59 Å². The Bertz CT molecular complexity index is 624. The maximum absolute atomic E-state index is 12.3. The van der Waals surface area contributed by atoms with Crippen molar-refractivity contribution >= 4 is 11.8 Å². The lowest BCUT2D eigenvalue weighted by Crippen LogP contribution is -2.46. The highest BCUT2D eigenvalue weighted by Gasteiger charge is 2.16. The van der Waals surface area contributed by atoms with Gasteiger partial charge in [0.05, 0.1) is 0 Å². The first-order valence-corrected chi connectivity index (χ1v) is 12.2. The van der Waals surface area contributed by atoms with E-state index in [1.165, 1.54) is 5.56 Å². The molecule has 0 aliphatic carbocycles. The van der Waals surface area contributed by atoms with Crippen LogP contribution in [-0.2, 0) is 16.1 Å². The zero-order valence-electron chi connectivity index (χ0n) is 19.7. The number of hydrogen-bond donors (Lipinski definition) is 1. The van der Waals surface area contributed by atoms with Crippen LogP contribution in [0.3, 0.4) is 0 Å². The number of hydrogen-bond acceptors (Lipinski definition) is 4. The molecule has 6 heteroatoms. The molecule has 1 heterocycles. The first-order valence-electron chi connectivity index (χ1n) is 12.2. The van der Waals surface area contributed by atoms with Gasteiger partial charge in [0.1, 0.15) is 0 Å². The summed E-state index contributed by atoms with van der Waals surface area (Å²) >= 11 is 0. The van der Waals surface area contributed by atoms with Gasteiger partial charge < -0.3 is 15.1 Å². The second-order valence-corrected chi connectivity index (χ2v) is 8.54. The number of rotatable bonds is 14. The normalized spacial score (nSPS) is 15.0. The van der Waals surface area contributed by atoms with Gasteiger partial charge in [-0.3, -0.25) is 14.5 Å². The maximum Gasteiger partial charge on any atom is 0.222 e. The molecule has 1 saturated heterocycles. The van der Waals surface area contributed by atoms with E-state index in [9.17, 15) is 9.59 Å². The van der Waals surface area contributed by atoms with Crippen LogP contribution >= 0.6 is 0 Å². The van der Waals surface area contributed by atoms with Gasteiger partial charge in [0.15, 0.2) is 0 Å². The summed E-state index contributed by atoms with van der Waals surface area (Å²) in [6.07, 6.45) is 4.49. The van der Waals surface area contributed by atoms with Crippen LogP contribution in [0.1, 0.15) is 57.9 Å². The van der Waals surface area contributed by atoms with E-state index in [4.69, 9.17) is 0 Å². The Balaban J connectivity index is 1.50. The SMILES string of the molecule is CCCN(CCC)C(=O)CCCC(=O)NCCCN1CCN(Cc2ccccc2)CC1. The van der Waals surface area contributed by atoms with Crippen molar-refractivity contribution in [1.29, 1.82) is 0 Å². The summed E-state index contributed by atoms with van der Waals surface area (Å²) < 4.78 is 0. The lowest BCUT2D eigenvalue weighted by Gasteiger charge is -2.34. The third-order valence-corrected chi connectivity index (χ3v) is 5.82. The number of carbonyl (C=O) groups is 2. The van der Waals surface area contributed by atoms with E-state index in [2.05, 4.69) is 59.3 Å². The Morgan fingerprint density at radius 1 is 0.903 bits per heavy atom. The molecule has 6 nitrogen and oxygen atoms in total. The standard InChI is InChI=1S/C25H42N4O2/c1-3-15-29(16-4-2)25(31)13-8-12-24(30)26-14-9-17-27-18-20-28(21-19-27)22-23-10-6-5-7-11-23/h5-7,10-11H,3-4,8-9,12-22H2,1-2H3,(H,26,30). The van der Waals surface area contributed by atoms with Crippen LogP contribution in [0.25, 0.3) is 0 Å². The molecule has 1 aromatic carbocycles. The average molecular weight is 431 g/mol. The number of nitrogens with one attached hydrogen (secondary N) is 1. The first kappa shape index (κ1) is 25.3. The number of benzene rings is 1. The fraction of sp³-hybridized carbons (Fsp3) is 0.680. The molecule has 1 fully saturated rings. The van der Waals surface area contributed by atoms with E-state index >= 15 is 0 Å². The van der Waals surface area contributed by atoms with E-state index < -0.39 is 0 Å². The van der Waals surface area contributed by atoms with Crippen LogP contribution in [0.2, 0.25) is 0 Å². The lowest BCUT2D eigenvalue weighted by atomic mass is 10.2. The summed E-state index contributed by atoms with van der Waals surface area (Å²) in [4.78, 5) is 31.2. The largest absolute Gasteiger partial charge is 0.356 e. The molecular weight excluding hydrogens is 388 g/mol. The van der Waals surface area contributed by atoms with E-state index in [0.29, 0.717) is 19.3 Å². The van der Waals surface area contributed by atoms with Crippen molar-refractivity contribution in [1.82, 2.24) is 20.0 Å². The van der Waals surface area contributed by atoms with Crippen LogP contribution in [0, 0.1) is 0 Å². The zero-order chi connectivity index (χ0) is 22.3. The minimum atomic E-state index is 0.0676. The van der Waals surface area contributed by atoms with Gasteiger partial charge in [-0.15, -0.1) is 0 Å². The number of nitrogens with zero attached hydrogens (tertiary/aromatic N) is 3. The topological polar surface area (TPSA) is 55.9 Å². The van der Waals surface area contributed by atoms with Gasteiger partial charge in [0.2, 0.25) is 11.8 Å². The summed E-state index contributed by atoms with van der Waals surface area (Å²) in [6, 6.07) is 10.7. The average Bonchev–Trinajstić information content (AvgIpc) is 2.78. The van der Waals surface area contributed by atoms with Gasteiger partial charge in [-0.05, 0) is 37.8 Å². The van der Waals surface area contributed by atoms with Gasteiger partial charge in [0, 0.05) is 65.2 Å². The minimum Gasteiger partial charge on any atom is -0.356 e. The third-order valence-electron chi connectivity index (χ3n) is 5.82. The van der Waals surface area contributed by atoms with E-state index in [-0.39, 0.29) is 11.8 Å². The van der Waals surface area contributed by atoms with Crippen molar-refractivity contribution in [3.8, 4) is 0 Å². The summed E-state index contributed by atoms with van der Waals surface area (Å²) in [5.41, 5.74) is 1.38. The van der Waals surface area contributed by atoms with Gasteiger partial charge in [0.25, 0.3) is 0 Å². The molecule has 1 aliphatic heterocycles. The van der Waals surface area contributed by atoms with Crippen molar-refractivity contribution in [2.75, 3.05) is 52.4 Å². The molecule has 0 bridgehead atoms. The van der Waals surface area contributed by atoms with E-state index in [1.807, 2.05) is 4.90 Å². The molecule has 0 saturated carbocycles. The molecular formula is C25H42N4O2. The quantitative estimate of drug-likeness (QED) is 0.461. The molecule has 2 rings (SSSR count). The Kier molecular flexibility index (Phi) is 12.2. The van der Waals surface area contributed by atoms with Crippen LogP contribution in [0.5, 0.6) is 0 Å². The summed E-state index contributed by atoms with van der Waals surface area (Å²) in [5.74, 6) is 0.251. The Labute approximate surface area is 189 Å². The second-order valence-electron chi connectivity index (χ2n) is 8.54. The highest BCUT2D eigenvalue weighted by Crippen LogP contribution is 2.08. The van der Waals surface area contributed by atoms with Gasteiger partial charge >= 0.3 is 0 Å². The first-order chi connectivity index (χ1) is 15.1. The molecule has 2 amide bonds. The van der Waals surface area contributed by atoms with Gasteiger partial charge in [-0.2, -0.15) is 0 Å². The van der Waals surface area contributed by atoms with Crippen molar-refractivity contribution in [3.63, 3.8) is 0 Å². The molecule has 1 aromatic rings. The lowest BCUT2D eigenvalue weighted by molar-refractivity contribution is -0.131. The van der Waals surface area contributed by atoms with Crippen molar-refractivity contribution in [2.24, 2.45) is 0 Å². The van der Waals surface area contributed by atoms with E-state index in [1.54, 1.807) is 0 Å². The number of amides is 2. The zero-order valence-corrected chi connectivity index (χ0v) is 19.7. The molecule has 0 unspecified atom stereocenters. The van der Waals surface area contributed by atoms with Crippen LogP contribution < -0.4 is 5.32 Å². The number of piperazine rings is 1. The maximum atomic E-state index is 12.3. The fourth-order valence-corrected chi connectivity index (χ4v) is 4.09. The summed E-state index contributed by atoms with van der Waals surface area (Å²) in [7, 11) is 0. The number of carbonyl (C=O) groups excluding carboxylic acids is 2. The fourth-order valence-electron chi connectivity index (χ4n) is 4.09. The summed E-state index contributed by atoms with van der Waals surface area (Å²) in [6.45, 7) is 13.0. The van der Waals surface area contributed by atoms with Gasteiger partial charge in [-0.1, -0.05) is 44.2 Å². The molecule has 31 heavy (non-hydrogen) atoms. The van der Waals surface area contributed by atoms with Crippen LogP contribution in [0.4, 0.5) is 0 Å². The molecule has 0 atom stereocenters. The van der Waals surface area contributed by atoms with Crippen LogP contribution in [-0.4, -0.2) is 78.9 Å².